The van der Waals surface area contributed by atoms with Crippen molar-refractivity contribution in [1.29, 1.82) is 0 Å². The van der Waals surface area contributed by atoms with Gasteiger partial charge in [0.05, 0.1) is 6.10 Å². The van der Waals surface area contributed by atoms with Gasteiger partial charge in [0.1, 0.15) is 11.5 Å². The molecule has 0 aliphatic carbocycles. The van der Waals surface area contributed by atoms with Crippen molar-refractivity contribution in [1.82, 2.24) is 5.43 Å². The highest BCUT2D eigenvalue weighted by Gasteiger charge is 2.06. The zero-order valence-electron chi connectivity index (χ0n) is 16.1. The summed E-state index contributed by atoms with van der Waals surface area (Å²) in [6, 6.07) is 13.3. The van der Waals surface area contributed by atoms with Gasteiger partial charge in [0.2, 0.25) is 0 Å². The van der Waals surface area contributed by atoms with E-state index in [1.54, 1.807) is 36.4 Å². The smallest absolute Gasteiger partial charge is 0.387 e. The molecule has 2 rings (SSSR count). The molecular formula is C21H24F2N2O3. The predicted octanol–water partition coefficient (Wildman–Crippen LogP) is 4.81. The minimum Gasteiger partial charge on any atom is -0.491 e. The van der Waals surface area contributed by atoms with E-state index in [2.05, 4.69) is 15.3 Å². The topological polar surface area (TPSA) is 59.9 Å². The molecular weight excluding hydrogens is 366 g/mol. The van der Waals surface area contributed by atoms with Gasteiger partial charge in [-0.3, -0.25) is 4.79 Å². The van der Waals surface area contributed by atoms with E-state index in [1.165, 1.54) is 12.1 Å². The second-order valence-corrected chi connectivity index (χ2v) is 6.50. The van der Waals surface area contributed by atoms with Crippen molar-refractivity contribution in [2.24, 2.45) is 5.10 Å². The fourth-order valence-corrected chi connectivity index (χ4v) is 2.39. The number of alkyl halides is 2. The fraction of sp³-hybridized carbons (Fsp3) is 0.333. The van der Waals surface area contributed by atoms with Crippen molar-refractivity contribution < 1.29 is 23.0 Å². The Labute approximate surface area is 163 Å². The van der Waals surface area contributed by atoms with E-state index in [-0.39, 0.29) is 17.8 Å². The summed E-state index contributed by atoms with van der Waals surface area (Å²) < 4.78 is 34.1. The largest absolute Gasteiger partial charge is 0.491 e. The van der Waals surface area contributed by atoms with Gasteiger partial charge in [-0.15, -0.1) is 0 Å². The summed E-state index contributed by atoms with van der Waals surface area (Å²) >= 11 is 0. The molecule has 0 radical (unpaired) electrons. The summed E-state index contributed by atoms with van der Waals surface area (Å²) in [7, 11) is 0. The highest BCUT2D eigenvalue weighted by atomic mass is 19.3. The lowest BCUT2D eigenvalue weighted by molar-refractivity contribution is -0.0498. The van der Waals surface area contributed by atoms with E-state index in [9.17, 15) is 13.6 Å². The molecule has 0 unspecified atom stereocenters. The van der Waals surface area contributed by atoms with Crippen LogP contribution in [-0.4, -0.2) is 24.3 Å². The summed E-state index contributed by atoms with van der Waals surface area (Å²) in [5, 5.41) is 4.11. The molecule has 2 aromatic carbocycles. The van der Waals surface area contributed by atoms with E-state index in [0.717, 1.165) is 11.3 Å². The van der Waals surface area contributed by atoms with Crippen LogP contribution in [0.1, 0.15) is 43.1 Å². The third-order valence-corrected chi connectivity index (χ3v) is 3.76. The maximum Gasteiger partial charge on any atom is 0.387 e. The summed E-state index contributed by atoms with van der Waals surface area (Å²) in [4.78, 5) is 12.1. The van der Waals surface area contributed by atoms with Crippen LogP contribution in [0.25, 0.3) is 0 Å². The van der Waals surface area contributed by atoms with Crippen LogP contribution in [0.15, 0.2) is 53.6 Å². The number of nitrogens with one attached hydrogen (secondary N) is 1. The maximum atomic E-state index is 12.1. The first-order valence-electron chi connectivity index (χ1n) is 8.97. The second-order valence-electron chi connectivity index (χ2n) is 6.50. The standard InChI is InChI=1S/C21H24F2N2O3/c1-14(2)27-18-12-8-17(9-13-18)20(26)25-24-15(3)4-5-16-6-10-19(11-7-16)28-21(22)23/h6-14,21H,4-5H2,1-3H3,(H,25,26)/b24-15-. The number of benzene rings is 2. The van der Waals surface area contributed by atoms with Crippen LogP contribution < -0.4 is 14.9 Å². The van der Waals surface area contributed by atoms with Gasteiger partial charge >= 0.3 is 6.61 Å². The maximum absolute atomic E-state index is 12.1. The lowest BCUT2D eigenvalue weighted by Crippen LogP contribution is -2.19. The first kappa shape index (κ1) is 21.3. The Balaban J connectivity index is 1.82. The van der Waals surface area contributed by atoms with Gasteiger partial charge in [-0.25, -0.2) is 5.43 Å². The van der Waals surface area contributed by atoms with E-state index in [4.69, 9.17) is 4.74 Å². The molecule has 7 heteroatoms. The monoisotopic (exact) mass is 390 g/mol. The molecule has 0 atom stereocenters. The Bertz CT molecular complexity index is 788. The van der Waals surface area contributed by atoms with Gasteiger partial charge in [-0.05, 0) is 75.6 Å². The molecule has 0 fully saturated rings. The van der Waals surface area contributed by atoms with E-state index >= 15 is 0 Å². The molecule has 0 spiro atoms. The minimum absolute atomic E-state index is 0.0694. The van der Waals surface area contributed by atoms with Crippen LogP contribution in [0.4, 0.5) is 8.78 Å². The quantitative estimate of drug-likeness (QED) is 0.494. The van der Waals surface area contributed by atoms with Crippen molar-refractivity contribution >= 4 is 11.6 Å². The Morgan fingerprint density at radius 2 is 1.57 bits per heavy atom. The summed E-state index contributed by atoms with van der Waals surface area (Å²) in [5.41, 5.74) is 4.73. The van der Waals surface area contributed by atoms with Crippen LogP contribution >= 0.6 is 0 Å². The Kier molecular flexibility index (Phi) is 7.92. The molecule has 0 aliphatic heterocycles. The molecule has 1 N–H and O–H groups in total. The number of hydrogen-bond donors (Lipinski definition) is 1. The van der Waals surface area contributed by atoms with E-state index in [1.807, 2.05) is 20.8 Å². The van der Waals surface area contributed by atoms with E-state index < -0.39 is 6.61 Å². The lowest BCUT2D eigenvalue weighted by Gasteiger charge is -2.09. The van der Waals surface area contributed by atoms with Crippen LogP contribution in [0.2, 0.25) is 0 Å². The molecule has 0 aromatic heterocycles. The lowest BCUT2D eigenvalue weighted by atomic mass is 10.1. The minimum atomic E-state index is -2.83. The predicted molar refractivity (Wildman–Crippen MR) is 104 cm³/mol. The zero-order chi connectivity index (χ0) is 20.5. The number of carbonyl (C=O) groups is 1. The van der Waals surface area contributed by atoms with Crippen molar-refractivity contribution in [3.63, 3.8) is 0 Å². The summed E-state index contributed by atoms with van der Waals surface area (Å²) in [6.45, 7) is 2.85. The summed E-state index contributed by atoms with van der Waals surface area (Å²) in [5.74, 6) is 0.529. The molecule has 0 aliphatic rings. The van der Waals surface area contributed by atoms with Crippen molar-refractivity contribution in [2.75, 3.05) is 0 Å². The SMILES string of the molecule is C/C(CCc1ccc(OC(F)F)cc1)=N/NC(=O)c1ccc(OC(C)C)cc1. The Hall–Kier alpha value is -2.96. The average Bonchev–Trinajstić information content (AvgIpc) is 2.65. The van der Waals surface area contributed by atoms with Crippen molar-refractivity contribution in [2.45, 2.75) is 46.3 Å². The van der Waals surface area contributed by atoms with Crippen LogP contribution in [0.5, 0.6) is 11.5 Å². The van der Waals surface area contributed by atoms with Gasteiger partial charge in [0.25, 0.3) is 5.91 Å². The number of ether oxygens (including phenoxy) is 2. The zero-order valence-corrected chi connectivity index (χ0v) is 16.1. The van der Waals surface area contributed by atoms with Gasteiger partial charge < -0.3 is 9.47 Å². The van der Waals surface area contributed by atoms with E-state index in [0.29, 0.717) is 24.2 Å². The van der Waals surface area contributed by atoms with Gasteiger partial charge in [-0.2, -0.15) is 13.9 Å². The molecule has 1 amide bonds. The fourth-order valence-electron chi connectivity index (χ4n) is 2.39. The first-order valence-corrected chi connectivity index (χ1v) is 8.97. The Morgan fingerprint density at radius 1 is 1.00 bits per heavy atom. The highest BCUT2D eigenvalue weighted by Crippen LogP contribution is 2.16. The molecule has 28 heavy (non-hydrogen) atoms. The molecule has 150 valence electrons. The average molecular weight is 390 g/mol. The number of halogens is 2. The van der Waals surface area contributed by atoms with Crippen LogP contribution in [-0.2, 0) is 6.42 Å². The number of carbonyl (C=O) groups excluding carboxylic acids is 1. The molecule has 0 bridgehead atoms. The first-order chi connectivity index (χ1) is 13.3. The number of hydrogen-bond acceptors (Lipinski definition) is 4. The molecule has 0 saturated carbocycles. The van der Waals surface area contributed by atoms with Gasteiger partial charge in [0, 0.05) is 11.3 Å². The van der Waals surface area contributed by atoms with Gasteiger partial charge in [0.15, 0.2) is 0 Å². The molecule has 0 heterocycles. The number of hydrazone groups is 1. The number of amides is 1. The molecule has 0 saturated heterocycles. The number of nitrogens with zero attached hydrogens (tertiary/aromatic N) is 1. The third kappa shape index (κ3) is 7.34. The molecule has 5 nitrogen and oxygen atoms in total. The second kappa shape index (κ2) is 10.4. The van der Waals surface area contributed by atoms with Crippen molar-refractivity contribution in [3.8, 4) is 11.5 Å². The van der Waals surface area contributed by atoms with Crippen LogP contribution in [0, 0.1) is 0 Å². The molecule has 2 aromatic rings. The third-order valence-electron chi connectivity index (χ3n) is 3.76. The number of rotatable bonds is 9. The number of aryl methyl sites for hydroxylation is 1. The van der Waals surface area contributed by atoms with Crippen molar-refractivity contribution in [3.05, 3.63) is 59.7 Å². The van der Waals surface area contributed by atoms with Crippen LogP contribution in [0.3, 0.4) is 0 Å². The normalized spacial score (nSPS) is 11.6. The van der Waals surface area contributed by atoms with Gasteiger partial charge in [-0.1, -0.05) is 12.1 Å². The highest BCUT2D eigenvalue weighted by molar-refractivity contribution is 5.95. The summed E-state index contributed by atoms with van der Waals surface area (Å²) in [6.07, 6.45) is 1.36. The Morgan fingerprint density at radius 3 is 2.14 bits per heavy atom.